The van der Waals surface area contributed by atoms with E-state index in [-0.39, 0.29) is 36.2 Å². The molecule has 0 amide bonds. The molecule has 29 heavy (non-hydrogen) atoms. The van der Waals surface area contributed by atoms with Crippen LogP contribution in [0.5, 0.6) is 0 Å². The first-order valence-corrected chi connectivity index (χ1v) is 10.7. The number of nitrogens with one attached hydrogen (secondary N) is 2. The first-order chi connectivity index (χ1) is 13.7. The fourth-order valence-electron chi connectivity index (χ4n) is 2.94. The molecule has 0 fully saturated rings. The molecule has 0 aliphatic rings. The lowest BCUT2D eigenvalue weighted by atomic mass is 10.2. The predicted molar refractivity (Wildman–Crippen MR) is 113 cm³/mol. The summed E-state index contributed by atoms with van der Waals surface area (Å²) < 4.78 is 30.7. The summed E-state index contributed by atoms with van der Waals surface area (Å²) in [6, 6.07) is 8.02. The number of aromatic nitrogens is 2. The number of benzene rings is 1. The van der Waals surface area contributed by atoms with Crippen LogP contribution in [0.15, 0.2) is 36.5 Å². The van der Waals surface area contributed by atoms with Crippen LogP contribution in [0.3, 0.4) is 0 Å². The van der Waals surface area contributed by atoms with Crippen LogP contribution in [-0.4, -0.2) is 41.5 Å². The van der Waals surface area contributed by atoms with Crippen molar-refractivity contribution in [1.29, 1.82) is 0 Å². The van der Waals surface area contributed by atoms with Gasteiger partial charge in [0.25, 0.3) is 10.2 Å². The molecule has 0 saturated carbocycles. The SMILES string of the molecule is Nc1cc(Cn2c(C(=O)O)c(NS(=O)(=O)NCCCl)c3cc(Cl)ccc32)ccn1. The van der Waals surface area contributed by atoms with Gasteiger partial charge in [-0.15, -0.1) is 11.6 Å². The van der Waals surface area contributed by atoms with Gasteiger partial charge in [-0.3, -0.25) is 4.72 Å². The van der Waals surface area contributed by atoms with Gasteiger partial charge in [-0.1, -0.05) is 11.6 Å². The number of anilines is 2. The van der Waals surface area contributed by atoms with Crippen LogP contribution >= 0.6 is 23.2 Å². The van der Waals surface area contributed by atoms with Gasteiger partial charge in [0.05, 0.1) is 11.2 Å². The first-order valence-electron chi connectivity index (χ1n) is 8.30. The Labute approximate surface area is 176 Å². The monoisotopic (exact) mass is 457 g/mol. The van der Waals surface area contributed by atoms with Crippen molar-refractivity contribution in [2.24, 2.45) is 0 Å². The first kappa shape index (κ1) is 21.2. The Morgan fingerprint density at radius 2 is 2.03 bits per heavy atom. The summed E-state index contributed by atoms with van der Waals surface area (Å²) >= 11 is 11.6. The lowest BCUT2D eigenvalue weighted by Crippen LogP contribution is -2.32. The lowest BCUT2D eigenvalue weighted by molar-refractivity contribution is 0.0687. The van der Waals surface area contributed by atoms with Crippen molar-refractivity contribution in [3.05, 3.63) is 52.8 Å². The minimum absolute atomic E-state index is 0.0189. The largest absolute Gasteiger partial charge is 0.477 e. The van der Waals surface area contributed by atoms with Crippen LogP contribution in [0.1, 0.15) is 16.1 Å². The van der Waals surface area contributed by atoms with E-state index < -0.39 is 16.2 Å². The zero-order chi connectivity index (χ0) is 21.2. The van der Waals surface area contributed by atoms with Crippen molar-refractivity contribution in [2.45, 2.75) is 6.54 Å². The summed E-state index contributed by atoms with van der Waals surface area (Å²) in [5.74, 6) is -0.969. The smallest absolute Gasteiger partial charge is 0.354 e. The highest BCUT2D eigenvalue weighted by Crippen LogP contribution is 2.34. The Morgan fingerprint density at radius 1 is 1.28 bits per heavy atom. The van der Waals surface area contributed by atoms with Crippen molar-refractivity contribution >= 4 is 61.8 Å². The number of pyridine rings is 1. The Morgan fingerprint density at radius 3 is 2.69 bits per heavy atom. The van der Waals surface area contributed by atoms with Crippen LogP contribution in [0.25, 0.3) is 10.9 Å². The van der Waals surface area contributed by atoms with E-state index in [1.807, 2.05) is 0 Å². The van der Waals surface area contributed by atoms with Gasteiger partial charge in [0.15, 0.2) is 5.69 Å². The van der Waals surface area contributed by atoms with Gasteiger partial charge in [-0.25, -0.2) is 9.78 Å². The van der Waals surface area contributed by atoms with E-state index in [2.05, 4.69) is 14.4 Å². The molecular formula is C17H17Cl2N5O4S. The van der Waals surface area contributed by atoms with Gasteiger partial charge in [0.1, 0.15) is 5.82 Å². The van der Waals surface area contributed by atoms with Crippen molar-refractivity contribution < 1.29 is 18.3 Å². The van der Waals surface area contributed by atoms with Crippen molar-refractivity contribution in [1.82, 2.24) is 14.3 Å². The van der Waals surface area contributed by atoms with E-state index in [1.165, 1.54) is 16.8 Å². The molecule has 154 valence electrons. The maximum absolute atomic E-state index is 12.3. The Balaban J connectivity index is 2.20. The Bertz CT molecular complexity index is 1180. The number of carboxylic acids is 1. The van der Waals surface area contributed by atoms with Crippen LogP contribution in [0.4, 0.5) is 11.5 Å². The number of carbonyl (C=O) groups is 1. The lowest BCUT2D eigenvalue weighted by Gasteiger charge is -2.11. The van der Waals surface area contributed by atoms with Crippen LogP contribution < -0.4 is 15.2 Å². The topological polar surface area (TPSA) is 139 Å². The summed E-state index contributed by atoms with van der Waals surface area (Å²) in [4.78, 5) is 16.0. The Hall–Kier alpha value is -2.53. The highest BCUT2D eigenvalue weighted by Gasteiger charge is 2.26. The summed E-state index contributed by atoms with van der Waals surface area (Å²) in [5.41, 5.74) is 6.55. The quantitative estimate of drug-likeness (QED) is 0.383. The molecule has 2 heterocycles. The molecule has 3 rings (SSSR count). The molecule has 0 radical (unpaired) electrons. The third-order valence-electron chi connectivity index (χ3n) is 4.04. The van der Waals surface area contributed by atoms with Gasteiger partial charge in [0, 0.05) is 35.6 Å². The molecule has 0 aliphatic heterocycles. The van der Waals surface area contributed by atoms with Gasteiger partial charge >= 0.3 is 5.97 Å². The van der Waals surface area contributed by atoms with E-state index in [1.54, 1.807) is 24.3 Å². The second kappa shape index (κ2) is 8.46. The third-order valence-corrected chi connectivity index (χ3v) is 5.52. The second-order valence-corrected chi connectivity index (χ2v) is 8.37. The fraction of sp³-hybridized carbons (Fsp3) is 0.176. The Kier molecular flexibility index (Phi) is 6.18. The van der Waals surface area contributed by atoms with Gasteiger partial charge in [-0.05, 0) is 35.9 Å². The van der Waals surface area contributed by atoms with Crippen molar-refractivity contribution in [3.63, 3.8) is 0 Å². The molecule has 0 saturated heterocycles. The summed E-state index contributed by atoms with van der Waals surface area (Å²) in [6.07, 6.45) is 1.51. The van der Waals surface area contributed by atoms with E-state index >= 15 is 0 Å². The second-order valence-electron chi connectivity index (χ2n) is 6.05. The van der Waals surface area contributed by atoms with E-state index in [0.717, 1.165) is 0 Å². The highest BCUT2D eigenvalue weighted by atomic mass is 35.5. The molecule has 0 unspecified atom stereocenters. The zero-order valence-corrected chi connectivity index (χ0v) is 17.2. The summed E-state index contributed by atoms with van der Waals surface area (Å²) in [6.45, 7) is 0.109. The standard InChI is InChI=1S/C17H17Cl2N5O4S/c18-4-6-22-29(27,28)23-15-12-8-11(19)1-2-13(12)24(16(15)17(25)26)9-10-3-5-21-14(20)7-10/h1-3,5,7-8,22-23H,4,6,9H2,(H2,20,21)(H,25,26). The minimum Gasteiger partial charge on any atom is -0.477 e. The van der Waals surface area contributed by atoms with E-state index in [0.29, 0.717) is 21.5 Å². The molecule has 3 aromatic rings. The maximum Gasteiger partial charge on any atom is 0.354 e. The molecule has 0 atom stereocenters. The fourth-order valence-corrected chi connectivity index (χ4v) is 4.23. The van der Waals surface area contributed by atoms with Gasteiger partial charge in [0.2, 0.25) is 0 Å². The van der Waals surface area contributed by atoms with Crippen LogP contribution in [-0.2, 0) is 16.8 Å². The minimum atomic E-state index is -4.06. The van der Waals surface area contributed by atoms with Gasteiger partial charge < -0.3 is 15.4 Å². The molecule has 2 aromatic heterocycles. The number of nitrogens with zero attached hydrogens (tertiary/aromatic N) is 2. The average Bonchev–Trinajstić information content (AvgIpc) is 2.92. The molecule has 12 heteroatoms. The van der Waals surface area contributed by atoms with E-state index in [9.17, 15) is 18.3 Å². The number of nitrogens with two attached hydrogens (primary N) is 1. The number of alkyl halides is 1. The van der Waals surface area contributed by atoms with Crippen molar-refractivity contribution in [2.75, 3.05) is 22.9 Å². The summed E-state index contributed by atoms with van der Waals surface area (Å²) in [5, 5.41) is 10.5. The number of rotatable bonds is 8. The maximum atomic E-state index is 12.3. The van der Waals surface area contributed by atoms with E-state index in [4.69, 9.17) is 28.9 Å². The van der Waals surface area contributed by atoms with Crippen molar-refractivity contribution in [3.8, 4) is 0 Å². The van der Waals surface area contributed by atoms with Gasteiger partial charge in [-0.2, -0.15) is 13.1 Å². The normalized spacial score (nSPS) is 11.7. The average molecular weight is 458 g/mol. The predicted octanol–water partition coefficient (Wildman–Crippen LogP) is 2.50. The number of aromatic carboxylic acids is 1. The van der Waals surface area contributed by atoms with Crippen LogP contribution in [0, 0.1) is 0 Å². The molecular weight excluding hydrogens is 441 g/mol. The molecule has 9 nitrogen and oxygen atoms in total. The number of hydrogen-bond acceptors (Lipinski definition) is 5. The highest BCUT2D eigenvalue weighted by molar-refractivity contribution is 7.90. The number of carboxylic acid groups (broad SMARTS) is 1. The molecule has 5 N–H and O–H groups in total. The third kappa shape index (κ3) is 4.73. The number of fused-ring (bicyclic) bond motifs is 1. The number of halogens is 2. The molecule has 1 aromatic carbocycles. The zero-order valence-electron chi connectivity index (χ0n) is 14.9. The van der Waals surface area contributed by atoms with Crippen LogP contribution in [0.2, 0.25) is 5.02 Å². The molecule has 0 spiro atoms. The molecule has 0 bridgehead atoms. The number of nitrogen functional groups attached to an aromatic ring is 1. The molecule has 0 aliphatic carbocycles. The number of hydrogen-bond donors (Lipinski definition) is 4. The summed E-state index contributed by atoms with van der Waals surface area (Å²) in [7, 11) is -4.06.